The summed E-state index contributed by atoms with van der Waals surface area (Å²) in [6, 6.07) is 18.9. The molecule has 1 heterocycles. The Balaban J connectivity index is 1.87. The standard InChI is InChI=1S/C19H21N3/c1-15(18-9-5-8-17(12-18)13-20)19-21-10-11-22(19)14-16-6-3-2-4-7-16/h2-12,15H,13-14,20H2,1H3. The van der Waals surface area contributed by atoms with Gasteiger partial charge in [-0.1, -0.05) is 61.5 Å². The smallest absolute Gasteiger partial charge is 0.116 e. The van der Waals surface area contributed by atoms with Gasteiger partial charge in [0, 0.05) is 31.4 Å². The number of aromatic nitrogens is 2. The van der Waals surface area contributed by atoms with E-state index < -0.39 is 0 Å². The van der Waals surface area contributed by atoms with Crippen LogP contribution < -0.4 is 5.73 Å². The highest BCUT2D eigenvalue weighted by Gasteiger charge is 2.14. The van der Waals surface area contributed by atoms with Crippen molar-refractivity contribution in [2.45, 2.75) is 25.9 Å². The van der Waals surface area contributed by atoms with Crippen LogP contribution in [0.2, 0.25) is 0 Å². The summed E-state index contributed by atoms with van der Waals surface area (Å²) in [6.07, 6.45) is 3.92. The first kappa shape index (κ1) is 14.5. The fourth-order valence-corrected chi connectivity index (χ4v) is 2.75. The Labute approximate surface area is 131 Å². The highest BCUT2D eigenvalue weighted by Crippen LogP contribution is 2.24. The fraction of sp³-hybridized carbons (Fsp3) is 0.211. The summed E-state index contributed by atoms with van der Waals surface area (Å²) in [4.78, 5) is 4.58. The van der Waals surface area contributed by atoms with Crippen LogP contribution >= 0.6 is 0 Å². The van der Waals surface area contributed by atoms with Crippen LogP contribution in [0, 0.1) is 0 Å². The Morgan fingerprint density at radius 3 is 2.59 bits per heavy atom. The van der Waals surface area contributed by atoms with E-state index in [0.717, 1.165) is 17.9 Å². The molecule has 2 N–H and O–H groups in total. The largest absolute Gasteiger partial charge is 0.330 e. The van der Waals surface area contributed by atoms with Gasteiger partial charge >= 0.3 is 0 Å². The first-order valence-corrected chi connectivity index (χ1v) is 7.62. The van der Waals surface area contributed by atoms with Gasteiger partial charge in [0.25, 0.3) is 0 Å². The maximum Gasteiger partial charge on any atom is 0.116 e. The predicted molar refractivity (Wildman–Crippen MR) is 89.6 cm³/mol. The summed E-state index contributed by atoms with van der Waals surface area (Å²) in [5.41, 5.74) is 9.44. The highest BCUT2D eigenvalue weighted by atomic mass is 15.1. The van der Waals surface area contributed by atoms with E-state index in [1.165, 1.54) is 11.1 Å². The second kappa shape index (κ2) is 6.58. The van der Waals surface area contributed by atoms with Crippen LogP contribution in [-0.2, 0) is 13.1 Å². The van der Waals surface area contributed by atoms with Crippen molar-refractivity contribution in [3.63, 3.8) is 0 Å². The van der Waals surface area contributed by atoms with Gasteiger partial charge in [0.1, 0.15) is 5.82 Å². The van der Waals surface area contributed by atoms with Crippen LogP contribution in [-0.4, -0.2) is 9.55 Å². The van der Waals surface area contributed by atoms with E-state index in [9.17, 15) is 0 Å². The maximum atomic E-state index is 5.75. The zero-order valence-electron chi connectivity index (χ0n) is 12.8. The molecule has 112 valence electrons. The van der Waals surface area contributed by atoms with Crippen molar-refractivity contribution in [2.75, 3.05) is 0 Å². The monoisotopic (exact) mass is 291 g/mol. The zero-order valence-corrected chi connectivity index (χ0v) is 12.8. The van der Waals surface area contributed by atoms with Crippen molar-refractivity contribution in [3.05, 3.63) is 89.5 Å². The van der Waals surface area contributed by atoms with Crippen molar-refractivity contribution in [3.8, 4) is 0 Å². The Morgan fingerprint density at radius 2 is 1.82 bits per heavy atom. The minimum Gasteiger partial charge on any atom is -0.330 e. The minimum atomic E-state index is 0.241. The number of imidazole rings is 1. The van der Waals surface area contributed by atoms with Crippen LogP contribution in [0.15, 0.2) is 67.0 Å². The lowest BCUT2D eigenvalue weighted by atomic mass is 9.98. The molecule has 1 unspecified atom stereocenters. The van der Waals surface area contributed by atoms with Gasteiger partial charge in [0.2, 0.25) is 0 Å². The fourth-order valence-electron chi connectivity index (χ4n) is 2.75. The quantitative estimate of drug-likeness (QED) is 0.781. The van der Waals surface area contributed by atoms with Crippen LogP contribution in [0.4, 0.5) is 0 Å². The van der Waals surface area contributed by atoms with Gasteiger partial charge in [-0.2, -0.15) is 0 Å². The molecule has 0 aliphatic carbocycles. The summed E-state index contributed by atoms with van der Waals surface area (Å²) >= 11 is 0. The van der Waals surface area contributed by atoms with Gasteiger partial charge in [-0.25, -0.2) is 4.98 Å². The van der Waals surface area contributed by atoms with Crippen LogP contribution in [0.25, 0.3) is 0 Å². The number of hydrogen-bond acceptors (Lipinski definition) is 2. The Kier molecular flexibility index (Phi) is 4.35. The molecule has 0 saturated carbocycles. The van der Waals surface area contributed by atoms with Crippen molar-refractivity contribution in [1.29, 1.82) is 0 Å². The predicted octanol–water partition coefficient (Wildman–Crippen LogP) is 3.54. The Bertz CT molecular complexity index is 731. The first-order valence-electron chi connectivity index (χ1n) is 7.62. The lowest BCUT2D eigenvalue weighted by molar-refractivity contribution is 0.689. The Hall–Kier alpha value is -2.39. The molecule has 3 heteroatoms. The van der Waals surface area contributed by atoms with Gasteiger partial charge in [-0.3, -0.25) is 0 Å². The summed E-state index contributed by atoms with van der Waals surface area (Å²) < 4.78 is 2.22. The van der Waals surface area contributed by atoms with Crippen LogP contribution in [0.3, 0.4) is 0 Å². The minimum absolute atomic E-state index is 0.241. The van der Waals surface area contributed by atoms with Gasteiger partial charge in [-0.15, -0.1) is 0 Å². The highest BCUT2D eigenvalue weighted by molar-refractivity contribution is 5.30. The summed E-state index contributed by atoms with van der Waals surface area (Å²) in [5.74, 6) is 1.32. The third kappa shape index (κ3) is 3.10. The number of nitrogens with two attached hydrogens (primary N) is 1. The molecule has 0 amide bonds. The molecule has 0 spiro atoms. The SMILES string of the molecule is CC(c1cccc(CN)c1)c1nccn1Cc1ccccc1. The normalized spacial score (nSPS) is 12.3. The molecule has 22 heavy (non-hydrogen) atoms. The molecule has 0 radical (unpaired) electrons. The molecule has 1 atom stereocenters. The average molecular weight is 291 g/mol. The second-order valence-corrected chi connectivity index (χ2v) is 5.57. The first-order chi connectivity index (χ1) is 10.8. The summed E-state index contributed by atoms with van der Waals surface area (Å²) in [7, 11) is 0. The van der Waals surface area contributed by atoms with Crippen molar-refractivity contribution in [2.24, 2.45) is 5.73 Å². The molecule has 0 aliphatic heterocycles. The van der Waals surface area contributed by atoms with Gasteiger partial charge in [0.05, 0.1) is 0 Å². The lowest BCUT2D eigenvalue weighted by Crippen LogP contribution is -2.09. The van der Waals surface area contributed by atoms with Crippen LogP contribution in [0.5, 0.6) is 0 Å². The average Bonchev–Trinajstić information content (AvgIpc) is 3.03. The molecule has 0 fully saturated rings. The van der Waals surface area contributed by atoms with Crippen molar-refractivity contribution >= 4 is 0 Å². The maximum absolute atomic E-state index is 5.75. The van der Waals surface area contributed by atoms with Gasteiger partial charge in [0.15, 0.2) is 0 Å². The van der Waals surface area contributed by atoms with E-state index in [-0.39, 0.29) is 5.92 Å². The van der Waals surface area contributed by atoms with Gasteiger partial charge < -0.3 is 10.3 Å². The molecule has 3 rings (SSSR count). The summed E-state index contributed by atoms with van der Waals surface area (Å²) in [6.45, 7) is 3.61. The third-order valence-corrected chi connectivity index (χ3v) is 4.02. The molecule has 2 aromatic carbocycles. The molecule has 1 aromatic heterocycles. The van der Waals surface area contributed by atoms with E-state index in [2.05, 4.69) is 65.0 Å². The number of nitrogens with zero attached hydrogens (tertiary/aromatic N) is 2. The lowest BCUT2D eigenvalue weighted by Gasteiger charge is -2.15. The van der Waals surface area contributed by atoms with E-state index in [4.69, 9.17) is 5.73 Å². The molecule has 0 aliphatic rings. The molecule has 3 aromatic rings. The van der Waals surface area contributed by atoms with Crippen LogP contribution in [0.1, 0.15) is 35.4 Å². The number of benzene rings is 2. The topological polar surface area (TPSA) is 43.8 Å². The summed E-state index contributed by atoms with van der Waals surface area (Å²) in [5, 5.41) is 0. The molecular formula is C19H21N3. The molecule has 0 saturated heterocycles. The molecular weight excluding hydrogens is 270 g/mol. The van der Waals surface area contributed by atoms with E-state index in [0.29, 0.717) is 6.54 Å². The van der Waals surface area contributed by atoms with Crippen molar-refractivity contribution in [1.82, 2.24) is 9.55 Å². The van der Waals surface area contributed by atoms with E-state index in [1.807, 2.05) is 18.5 Å². The Morgan fingerprint density at radius 1 is 1.05 bits per heavy atom. The zero-order chi connectivity index (χ0) is 15.4. The second-order valence-electron chi connectivity index (χ2n) is 5.57. The third-order valence-electron chi connectivity index (χ3n) is 4.02. The van der Waals surface area contributed by atoms with E-state index in [1.54, 1.807) is 0 Å². The van der Waals surface area contributed by atoms with E-state index >= 15 is 0 Å². The number of rotatable bonds is 5. The van der Waals surface area contributed by atoms with Gasteiger partial charge in [-0.05, 0) is 16.7 Å². The molecule has 0 bridgehead atoms. The number of hydrogen-bond donors (Lipinski definition) is 1. The van der Waals surface area contributed by atoms with Crippen molar-refractivity contribution < 1.29 is 0 Å². The molecule has 3 nitrogen and oxygen atoms in total.